The lowest BCUT2D eigenvalue weighted by Gasteiger charge is -2.15. The lowest BCUT2D eigenvalue weighted by Crippen LogP contribution is -2.12. The highest BCUT2D eigenvalue weighted by molar-refractivity contribution is 9.09. The van der Waals surface area contributed by atoms with E-state index >= 15 is 0 Å². The van der Waals surface area contributed by atoms with Gasteiger partial charge in [0.15, 0.2) is 0 Å². The van der Waals surface area contributed by atoms with Gasteiger partial charge in [0.2, 0.25) is 0 Å². The number of hydrogen-bond donors (Lipinski definition) is 0. The van der Waals surface area contributed by atoms with Crippen LogP contribution in [0.3, 0.4) is 0 Å². The van der Waals surface area contributed by atoms with Crippen LogP contribution in [0.5, 0.6) is 5.75 Å². The van der Waals surface area contributed by atoms with Crippen LogP contribution >= 0.6 is 27.5 Å². The van der Waals surface area contributed by atoms with E-state index in [0.717, 1.165) is 39.9 Å². The van der Waals surface area contributed by atoms with Crippen molar-refractivity contribution in [1.29, 1.82) is 0 Å². The topological polar surface area (TPSA) is 9.23 Å². The molecule has 0 bridgehead atoms. The van der Waals surface area contributed by atoms with Gasteiger partial charge in [-0.15, -0.1) is 0 Å². The molecule has 96 valence electrons. The van der Waals surface area contributed by atoms with E-state index in [4.69, 9.17) is 16.3 Å². The molecule has 0 aliphatic heterocycles. The lowest BCUT2D eigenvalue weighted by molar-refractivity contribution is 0.263. The minimum Gasteiger partial charge on any atom is -0.493 e. The van der Waals surface area contributed by atoms with Crippen LogP contribution in [-0.2, 0) is 0 Å². The first-order valence-corrected chi connectivity index (χ1v) is 7.62. The molecule has 1 atom stereocenters. The van der Waals surface area contributed by atoms with Crippen molar-refractivity contribution < 1.29 is 4.74 Å². The molecule has 1 nitrogen and oxygen atoms in total. The summed E-state index contributed by atoms with van der Waals surface area (Å²) < 4.78 is 5.93. The Morgan fingerprint density at radius 2 is 1.89 bits per heavy atom. The van der Waals surface area contributed by atoms with Gasteiger partial charge in [0, 0.05) is 27.0 Å². The summed E-state index contributed by atoms with van der Waals surface area (Å²) in [4.78, 5) is 0. The van der Waals surface area contributed by atoms with Crippen LogP contribution in [0.1, 0.15) is 13.3 Å². The lowest BCUT2D eigenvalue weighted by atomic mass is 10.1. The smallest absolute Gasteiger partial charge is 0.127 e. The molecule has 0 radical (unpaired) electrons. The average Bonchev–Trinajstić information content (AvgIpc) is 2.42. The van der Waals surface area contributed by atoms with Crippen molar-refractivity contribution in [2.24, 2.45) is 5.92 Å². The van der Waals surface area contributed by atoms with Gasteiger partial charge in [-0.3, -0.25) is 0 Å². The zero-order valence-electron chi connectivity index (χ0n) is 10.3. The highest BCUT2D eigenvalue weighted by atomic mass is 79.9. The second-order valence-electron chi connectivity index (χ2n) is 4.33. The van der Waals surface area contributed by atoms with E-state index in [1.165, 1.54) is 0 Å². The van der Waals surface area contributed by atoms with Gasteiger partial charge in [0.1, 0.15) is 5.75 Å². The van der Waals surface area contributed by atoms with Gasteiger partial charge in [-0.05, 0) is 18.6 Å². The molecule has 2 aromatic rings. The molecule has 18 heavy (non-hydrogen) atoms. The molecular weight excluding hydrogens is 312 g/mol. The molecule has 0 aromatic heterocycles. The zero-order chi connectivity index (χ0) is 13.0. The van der Waals surface area contributed by atoms with Crippen LogP contribution in [0.2, 0.25) is 5.02 Å². The first-order chi connectivity index (χ1) is 8.76. The summed E-state index contributed by atoms with van der Waals surface area (Å²) in [6.07, 6.45) is 1.11. The fourth-order valence-corrected chi connectivity index (χ4v) is 2.71. The first-order valence-electron chi connectivity index (χ1n) is 6.12. The minimum absolute atomic E-state index is 0.541. The van der Waals surface area contributed by atoms with Crippen LogP contribution < -0.4 is 4.74 Å². The van der Waals surface area contributed by atoms with Crippen LogP contribution in [0.4, 0.5) is 0 Å². The van der Waals surface area contributed by atoms with Crippen molar-refractivity contribution >= 4 is 38.3 Å². The van der Waals surface area contributed by atoms with Gasteiger partial charge in [-0.1, -0.05) is 58.7 Å². The molecule has 0 aliphatic rings. The largest absolute Gasteiger partial charge is 0.493 e. The summed E-state index contributed by atoms with van der Waals surface area (Å²) in [6, 6.07) is 11.9. The second kappa shape index (κ2) is 6.44. The fourth-order valence-electron chi connectivity index (χ4n) is 1.84. The van der Waals surface area contributed by atoms with E-state index in [0.29, 0.717) is 5.92 Å². The van der Waals surface area contributed by atoms with Crippen LogP contribution in [0.25, 0.3) is 10.8 Å². The summed E-state index contributed by atoms with van der Waals surface area (Å²) >= 11 is 9.69. The quantitative estimate of drug-likeness (QED) is 0.678. The predicted molar refractivity (Wildman–Crippen MR) is 82.0 cm³/mol. The van der Waals surface area contributed by atoms with Gasteiger partial charge in [-0.25, -0.2) is 0 Å². The molecular formula is C15H16BrClO. The van der Waals surface area contributed by atoms with Crippen LogP contribution in [-0.4, -0.2) is 11.9 Å². The molecule has 0 amide bonds. The number of ether oxygens (including phenoxy) is 1. The number of fused-ring (bicyclic) bond motifs is 1. The maximum absolute atomic E-state index is 6.18. The maximum Gasteiger partial charge on any atom is 0.127 e. The van der Waals surface area contributed by atoms with E-state index in [-0.39, 0.29) is 0 Å². The van der Waals surface area contributed by atoms with Gasteiger partial charge in [-0.2, -0.15) is 0 Å². The van der Waals surface area contributed by atoms with Crippen molar-refractivity contribution in [3.8, 4) is 5.75 Å². The molecule has 1 unspecified atom stereocenters. The average molecular weight is 328 g/mol. The molecule has 0 N–H and O–H groups in total. The van der Waals surface area contributed by atoms with Gasteiger partial charge in [0.25, 0.3) is 0 Å². The van der Waals surface area contributed by atoms with Crippen molar-refractivity contribution in [1.82, 2.24) is 0 Å². The SMILES string of the molecule is CCC(CBr)COc1ccc(Cl)c2ccccc12. The maximum atomic E-state index is 6.18. The summed E-state index contributed by atoms with van der Waals surface area (Å²) in [7, 11) is 0. The van der Waals surface area contributed by atoms with Crippen LogP contribution in [0, 0.1) is 5.92 Å². The van der Waals surface area contributed by atoms with Gasteiger partial charge < -0.3 is 4.74 Å². The number of benzene rings is 2. The third-order valence-corrected chi connectivity index (χ3v) is 4.35. The highest BCUT2D eigenvalue weighted by Crippen LogP contribution is 2.31. The predicted octanol–water partition coefficient (Wildman–Crippen LogP) is 5.29. The molecule has 0 fully saturated rings. The van der Waals surface area contributed by atoms with Crippen LogP contribution in [0.15, 0.2) is 36.4 Å². The number of halogens is 2. The zero-order valence-corrected chi connectivity index (χ0v) is 12.7. The Hall–Kier alpha value is -0.730. The highest BCUT2D eigenvalue weighted by Gasteiger charge is 2.08. The monoisotopic (exact) mass is 326 g/mol. The van der Waals surface area contributed by atoms with Crippen molar-refractivity contribution in [3.05, 3.63) is 41.4 Å². The summed E-state index contributed by atoms with van der Waals surface area (Å²) in [5, 5.41) is 3.86. The first kappa shape index (κ1) is 13.7. The molecule has 0 heterocycles. The Balaban J connectivity index is 2.26. The Morgan fingerprint density at radius 1 is 1.17 bits per heavy atom. The number of alkyl halides is 1. The Labute approximate surface area is 121 Å². The molecule has 0 saturated carbocycles. The van der Waals surface area contributed by atoms with E-state index in [1.54, 1.807) is 0 Å². The molecule has 0 saturated heterocycles. The third-order valence-electron chi connectivity index (χ3n) is 3.10. The molecule has 2 aromatic carbocycles. The van der Waals surface area contributed by atoms with Gasteiger partial charge >= 0.3 is 0 Å². The van der Waals surface area contributed by atoms with E-state index in [1.807, 2.05) is 36.4 Å². The van der Waals surface area contributed by atoms with E-state index < -0.39 is 0 Å². The van der Waals surface area contributed by atoms with E-state index in [2.05, 4.69) is 22.9 Å². The Morgan fingerprint density at radius 3 is 2.56 bits per heavy atom. The third kappa shape index (κ3) is 2.99. The van der Waals surface area contributed by atoms with Crippen molar-refractivity contribution in [2.45, 2.75) is 13.3 Å². The Bertz CT molecular complexity index is 523. The fraction of sp³-hybridized carbons (Fsp3) is 0.333. The second-order valence-corrected chi connectivity index (χ2v) is 5.39. The standard InChI is InChI=1S/C15H16BrClO/c1-2-11(9-16)10-18-15-8-7-14(17)12-5-3-4-6-13(12)15/h3-8,11H,2,9-10H2,1H3. The summed E-state index contributed by atoms with van der Waals surface area (Å²) in [5.74, 6) is 1.45. The molecule has 2 rings (SSSR count). The molecule has 3 heteroatoms. The van der Waals surface area contributed by atoms with Gasteiger partial charge in [0.05, 0.1) is 6.61 Å². The number of hydrogen-bond acceptors (Lipinski definition) is 1. The number of rotatable bonds is 5. The summed E-state index contributed by atoms with van der Waals surface area (Å²) in [5.41, 5.74) is 0. The molecule has 0 aliphatic carbocycles. The van der Waals surface area contributed by atoms with Crippen molar-refractivity contribution in [2.75, 3.05) is 11.9 Å². The minimum atomic E-state index is 0.541. The Kier molecular flexibility index (Phi) is 4.90. The molecule has 0 spiro atoms. The summed E-state index contributed by atoms with van der Waals surface area (Å²) in [6.45, 7) is 2.91. The van der Waals surface area contributed by atoms with Crippen molar-refractivity contribution in [3.63, 3.8) is 0 Å². The normalized spacial score (nSPS) is 12.6. The van der Waals surface area contributed by atoms with E-state index in [9.17, 15) is 0 Å².